The molecule has 0 spiro atoms. The molecule has 30 heteroatoms. The number of nitrogens with two attached hydrogens (primary N) is 3. The molecule has 1 fully saturated rings. The van der Waals surface area contributed by atoms with Gasteiger partial charge < -0.3 is 90.3 Å². The van der Waals surface area contributed by atoms with Crippen molar-refractivity contribution < 1.29 is 72.1 Å². The molecule has 0 unspecified atom stereocenters. The summed E-state index contributed by atoms with van der Waals surface area (Å²) in [5.74, 6) is -12.8. The van der Waals surface area contributed by atoms with Crippen molar-refractivity contribution in [2.45, 2.75) is 199 Å². The molecule has 492 valence electrons. The summed E-state index contributed by atoms with van der Waals surface area (Å²) in [5, 5.41) is 39.3. The molecule has 0 aromatic heterocycles. The van der Waals surface area contributed by atoms with Crippen LogP contribution in [0.15, 0.2) is 35.3 Å². The third-order valence-electron chi connectivity index (χ3n) is 16.0. The van der Waals surface area contributed by atoms with E-state index in [2.05, 4.69) is 63.5 Å². The lowest BCUT2D eigenvalue weighted by Crippen LogP contribution is -2.63. The highest BCUT2D eigenvalue weighted by molar-refractivity contribution is 5.99. The van der Waals surface area contributed by atoms with Crippen molar-refractivity contribution >= 4 is 77.0 Å². The molecule has 2 heterocycles. The predicted octanol–water partition coefficient (Wildman–Crippen LogP) is -3.87. The van der Waals surface area contributed by atoms with Crippen molar-refractivity contribution in [2.24, 2.45) is 45.9 Å². The number of esters is 2. The van der Waals surface area contributed by atoms with Crippen LogP contribution in [0.5, 0.6) is 0 Å². The largest absolute Gasteiger partial charge is 0.462 e. The molecule has 1 aromatic carbocycles. The maximum absolute atomic E-state index is 14.4. The number of hydrogen-bond acceptors (Lipinski definition) is 20. The predicted molar refractivity (Wildman–Crippen MR) is 322 cm³/mol. The number of likely N-dealkylation sites (N-methyl/N-ethyl adjacent to an activating group) is 1. The van der Waals surface area contributed by atoms with Gasteiger partial charge in [0.15, 0.2) is 5.96 Å². The van der Waals surface area contributed by atoms with Gasteiger partial charge in [-0.1, -0.05) is 111 Å². The Hall–Kier alpha value is -7.99. The van der Waals surface area contributed by atoms with Gasteiger partial charge in [0.05, 0.1) is 18.7 Å². The fraction of sp³-hybridized carbons (Fsp3) is 0.672. The van der Waals surface area contributed by atoms with Crippen molar-refractivity contribution in [1.82, 2.24) is 58.5 Å². The number of aliphatic hydroxyl groups is 1. The van der Waals surface area contributed by atoms with Crippen molar-refractivity contribution in [3.8, 4) is 0 Å². The van der Waals surface area contributed by atoms with Gasteiger partial charge in [-0.2, -0.15) is 0 Å². The quantitative estimate of drug-likeness (QED) is 0.0307. The number of amides is 10. The molecule has 30 nitrogen and oxygen atoms in total. The van der Waals surface area contributed by atoms with Crippen LogP contribution in [0, 0.1) is 23.7 Å². The van der Waals surface area contributed by atoms with Gasteiger partial charge in [-0.05, 0) is 63.0 Å². The number of carbonyl (C=O) groups excluding carboxylic acids is 12. The lowest BCUT2D eigenvalue weighted by molar-refractivity contribution is -0.157. The Morgan fingerprint density at radius 3 is 1.81 bits per heavy atom. The van der Waals surface area contributed by atoms with Crippen molar-refractivity contribution in [1.29, 1.82) is 0 Å². The van der Waals surface area contributed by atoms with Crippen LogP contribution in [0.3, 0.4) is 0 Å². The molecule has 0 bridgehead atoms. The monoisotopic (exact) mass is 1240 g/mol. The van der Waals surface area contributed by atoms with Crippen LogP contribution in [0.1, 0.15) is 120 Å². The summed E-state index contributed by atoms with van der Waals surface area (Å²) in [6.07, 6.45) is -0.598. The molecule has 17 atom stereocenters. The zero-order valence-electron chi connectivity index (χ0n) is 52.3. The summed E-state index contributed by atoms with van der Waals surface area (Å²) in [7, 11) is 1.61. The molecule has 1 saturated heterocycles. The first-order valence-corrected chi connectivity index (χ1v) is 30.1. The number of guanidine groups is 1. The number of carbonyl (C=O) groups is 12. The third-order valence-corrected chi connectivity index (χ3v) is 16.0. The Kier molecular flexibility index (Phi) is 30.7. The van der Waals surface area contributed by atoms with Crippen LogP contribution in [0.4, 0.5) is 0 Å². The molecule has 88 heavy (non-hydrogen) atoms. The Balaban J connectivity index is 1.81. The number of rotatable bonds is 32. The summed E-state index contributed by atoms with van der Waals surface area (Å²) < 4.78 is 11.2. The molecular formula is C58H95N15O15. The number of primary amides is 1. The number of nitrogens with zero attached hydrogens (tertiary/aromatic N) is 1. The summed E-state index contributed by atoms with van der Waals surface area (Å²) in [6, 6.07) is -6.54. The van der Waals surface area contributed by atoms with Crippen LogP contribution in [-0.2, 0) is 73.4 Å². The highest BCUT2D eigenvalue weighted by Crippen LogP contribution is 2.18. The van der Waals surface area contributed by atoms with Crippen LogP contribution in [0.2, 0.25) is 0 Å². The molecule has 1 aromatic rings. The standard InChI is InChI=1S/C58H95N15O15/c1-12-28(5)42(53(82)68-40(26-74)52(81)73-46-33(10)88-57(86)45(31(8)15-4)72-51(80)39(24-35-25-63-58(61)65-35)67-47(76)32(9)64-55(46)84)70-54(83)43(29(6)13-2)69-49(78)37(21-22-41(60)75)66-48(77)36(59)27-87-56(85)44(30(7)14-3)71-50(79)38(62-11)23-34-19-17-16-18-20-34/h16-20,28-33,35-40,42-46,62,74H,12-15,21-27,59H2,1-11H3,(H2,60,75)(H,64,84)(H,66,77)(H,67,76)(H,68,82)(H,69,78)(H,70,83)(H,71,79)(H,72,80)(H,73,81)(H3,61,63,65)/t28-,29-,30-,31-,32-,33-,35-,36-,37+,38+,39-,40-,42-,43+,44-,45-,46+/m0/s1. The number of nitrogens with one attached hydrogen (secondary N) is 11. The molecular weight excluding hydrogens is 1150 g/mol. The minimum atomic E-state index is -1.82. The summed E-state index contributed by atoms with van der Waals surface area (Å²) in [6.45, 7) is 14.8. The van der Waals surface area contributed by atoms with E-state index >= 15 is 0 Å². The molecule has 0 aliphatic carbocycles. The zero-order valence-corrected chi connectivity index (χ0v) is 52.3. The SMILES string of the molecule is CC[C@H](C)[C@H](NC(=O)[C@H](NC(=O)[C@@H](CCC(N)=O)NC(=O)[C@@H](N)COC(=O)[C@@H](NC(=O)[C@@H](Cc1ccccc1)NC)[C@@H](C)CC)[C@@H](C)CC)C(=O)N[C@@H](CO)C(=O)N[C@H]1C(=O)N[C@@H](C)C(=O)N[C@@H](C[C@H]2CNC(N)=N2)C(=O)N[C@@H]([C@@H](C)CC)C(=O)O[C@H]1C. The summed E-state index contributed by atoms with van der Waals surface area (Å²) in [4.78, 5) is 169. The fourth-order valence-corrected chi connectivity index (χ4v) is 9.34. The highest BCUT2D eigenvalue weighted by atomic mass is 16.5. The van der Waals surface area contributed by atoms with Gasteiger partial charge in [-0.25, -0.2) is 14.6 Å². The zero-order chi connectivity index (χ0) is 66.1. The van der Waals surface area contributed by atoms with Gasteiger partial charge >= 0.3 is 11.9 Å². The minimum absolute atomic E-state index is 0.0318. The van der Waals surface area contributed by atoms with Crippen LogP contribution in [-0.4, -0.2) is 187 Å². The van der Waals surface area contributed by atoms with Gasteiger partial charge in [0.25, 0.3) is 0 Å². The number of aliphatic imine (C=N–C) groups is 1. The Morgan fingerprint density at radius 2 is 1.26 bits per heavy atom. The lowest BCUT2D eigenvalue weighted by Gasteiger charge is -2.31. The average Bonchev–Trinajstić information content (AvgIpc) is 4.05. The maximum atomic E-state index is 14.4. The number of cyclic esters (lactones) is 1. The Morgan fingerprint density at radius 1 is 0.705 bits per heavy atom. The number of benzene rings is 1. The molecule has 3 rings (SSSR count). The van der Waals surface area contributed by atoms with Gasteiger partial charge in [0, 0.05) is 19.4 Å². The van der Waals surface area contributed by atoms with Gasteiger partial charge in [0.1, 0.15) is 73.1 Å². The van der Waals surface area contributed by atoms with Crippen LogP contribution >= 0.6 is 0 Å². The number of hydrogen-bond donors (Lipinski definition) is 15. The van der Waals surface area contributed by atoms with Crippen molar-refractivity contribution in [2.75, 3.05) is 26.8 Å². The topological polar surface area (TPSA) is 466 Å². The first-order chi connectivity index (χ1) is 41.5. The van der Waals surface area contributed by atoms with E-state index in [4.69, 9.17) is 26.7 Å². The molecule has 0 saturated carbocycles. The first kappa shape index (κ1) is 74.3. The van der Waals surface area contributed by atoms with E-state index < -0.39 is 193 Å². The van der Waals surface area contributed by atoms with E-state index in [1.165, 1.54) is 13.8 Å². The molecule has 10 amide bonds. The molecule has 2 aliphatic rings. The highest BCUT2D eigenvalue weighted by Gasteiger charge is 2.41. The van der Waals surface area contributed by atoms with E-state index in [0.717, 1.165) is 5.56 Å². The normalized spacial score (nSPS) is 22.7. The van der Waals surface area contributed by atoms with Crippen LogP contribution in [0.25, 0.3) is 0 Å². The number of ether oxygens (including phenoxy) is 2. The fourth-order valence-electron chi connectivity index (χ4n) is 9.34. The minimum Gasteiger partial charge on any atom is -0.462 e. The van der Waals surface area contributed by atoms with E-state index in [-0.39, 0.29) is 38.2 Å². The second kappa shape index (κ2) is 36.4. The maximum Gasteiger partial charge on any atom is 0.329 e. The average molecular weight is 1240 g/mol. The van der Waals surface area contributed by atoms with E-state index in [0.29, 0.717) is 19.3 Å². The first-order valence-electron chi connectivity index (χ1n) is 30.1. The second-order valence-electron chi connectivity index (χ2n) is 22.8. The smallest absolute Gasteiger partial charge is 0.329 e. The van der Waals surface area contributed by atoms with E-state index in [1.54, 1.807) is 55.5 Å². The summed E-state index contributed by atoms with van der Waals surface area (Å²) >= 11 is 0. The summed E-state index contributed by atoms with van der Waals surface area (Å²) in [5.41, 5.74) is 18.3. The third kappa shape index (κ3) is 22.6. The molecule has 18 N–H and O–H groups in total. The molecule has 2 aliphatic heterocycles. The number of aliphatic hydroxyl groups excluding tert-OH is 1. The lowest BCUT2D eigenvalue weighted by atomic mass is 9.94. The van der Waals surface area contributed by atoms with Gasteiger partial charge in [0.2, 0.25) is 59.1 Å². The van der Waals surface area contributed by atoms with Crippen LogP contribution < -0.4 is 75.7 Å². The Bertz CT molecular complexity index is 2610. The molecule has 0 radical (unpaired) electrons. The van der Waals surface area contributed by atoms with E-state index in [1.807, 2.05) is 37.3 Å². The Labute approximate surface area is 513 Å². The van der Waals surface area contributed by atoms with Crippen molar-refractivity contribution in [3.63, 3.8) is 0 Å². The van der Waals surface area contributed by atoms with Gasteiger partial charge in [-0.3, -0.25) is 47.9 Å². The van der Waals surface area contributed by atoms with Crippen molar-refractivity contribution in [3.05, 3.63) is 35.9 Å². The van der Waals surface area contributed by atoms with Gasteiger partial charge in [-0.15, -0.1) is 0 Å². The van der Waals surface area contributed by atoms with E-state index in [9.17, 15) is 62.6 Å². The second-order valence-corrected chi connectivity index (χ2v) is 22.8.